The van der Waals surface area contributed by atoms with Crippen LogP contribution in [0.4, 0.5) is 0 Å². The van der Waals surface area contributed by atoms with Crippen LogP contribution in [0.5, 0.6) is 0 Å². The number of nitrogens with one attached hydrogen (secondary N) is 1. The number of nitrogens with zero attached hydrogens (tertiary/aromatic N) is 3. The molecular formula is C18H39IN4O4S. The molecule has 0 aromatic heterocycles. The van der Waals surface area contributed by atoms with Crippen LogP contribution < -0.4 is 5.32 Å². The minimum atomic E-state index is -3.28. The maximum atomic E-state index is 12.4. The molecular weight excluding hydrogens is 495 g/mol. The fourth-order valence-corrected chi connectivity index (χ4v) is 4.24. The summed E-state index contributed by atoms with van der Waals surface area (Å²) in [5.74, 6) is 0.806. The number of guanidine groups is 1. The minimum Gasteiger partial charge on any atom is -0.379 e. The molecule has 10 heteroatoms. The van der Waals surface area contributed by atoms with Crippen molar-refractivity contribution in [1.29, 1.82) is 0 Å². The second kappa shape index (κ2) is 12.5. The Morgan fingerprint density at radius 1 is 1.18 bits per heavy atom. The van der Waals surface area contributed by atoms with E-state index in [1.165, 1.54) is 0 Å². The molecule has 1 aliphatic rings. The molecule has 0 aliphatic carbocycles. The highest BCUT2D eigenvalue weighted by atomic mass is 127. The smallest absolute Gasteiger partial charge is 0.216 e. The van der Waals surface area contributed by atoms with E-state index in [1.807, 2.05) is 13.8 Å². The van der Waals surface area contributed by atoms with E-state index in [1.54, 1.807) is 18.5 Å². The summed E-state index contributed by atoms with van der Waals surface area (Å²) < 4.78 is 37.4. The van der Waals surface area contributed by atoms with E-state index in [0.29, 0.717) is 32.7 Å². The molecule has 1 heterocycles. The van der Waals surface area contributed by atoms with Gasteiger partial charge in [0.2, 0.25) is 10.0 Å². The largest absolute Gasteiger partial charge is 0.379 e. The van der Waals surface area contributed by atoms with Crippen LogP contribution in [-0.4, -0.2) is 95.0 Å². The number of sulfonamides is 1. The van der Waals surface area contributed by atoms with Crippen molar-refractivity contribution in [3.05, 3.63) is 0 Å². The lowest BCUT2D eigenvalue weighted by atomic mass is 9.89. The number of aliphatic imine (C=N–C) groups is 1. The first kappa shape index (κ1) is 27.8. The topological polar surface area (TPSA) is 83.5 Å². The number of hydrogen-bond acceptors (Lipinski definition) is 5. The summed E-state index contributed by atoms with van der Waals surface area (Å²) >= 11 is 0. The maximum Gasteiger partial charge on any atom is 0.216 e. The van der Waals surface area contributed by atoms with E-state index in [9.17, 15) is 8.42 Å². The molecule has 0 amide bonds. The Morgan fingerprint density at radius 3 is 2.18 bits per heavy atom. The van der Waals surface area contributed by atoms with Gasteiger partial charge in [-0.3, -0.25) is 4.99 Å². The molecule has 0 spiro atoms. The van der Waals surface area contributed by atoms with E-state index in [4.69, 9.17) is 9.47 Å². The van der Waals surface area contributed by atoms with Gasteiger partial charge in [-0.2, -0.15) is 4.31 Å². The van der Waals surface area contributed by atoms with Crippen molar-refractivity contribution in [3.63, 3.8) is 0 Å². The molecule has 0 aromatic carbocycles. The third-order valence-corrected chi connectivity index (χ3v) is 6.47. The van der Waals surface area contributed by atoms with Crippen molar-refractivity contribution < 1.29 is 17.9 Å². The second-order valence-electron chi connectivity index (χ2n) is 8.14. The number of hydrogen-bond donors (Lipinski definition) is 1. The van der Waals surface area contributed by atoms with Gasteiger partial charge in [0.15, 0.2) is 5.96 Å². The van der Waals surface area contributed by atoms with Gasteiger partial charge in [-0.15, -0.1) is 24.0 Å². The summed E-state index contributed by atoms with van der Waals surface area (Å²) in [6, 6.07) is 0. The zero-order valence-corrected chi connectivity index (χ0v) is 21.5. The second-order valence-corrected chi connectivity index (χ2v) is 10.2. The first-order chi connectivity index (χ1) is 12.5. The lowest BCUT2D eigenvalue weighted by Gasteiger charge is -2.37. The molecule has 0 bridgehead atoms. The summed E-state index contributed by atoms with van der Waals surface area (Å²) in [5.41, 5.74) is 0.0193. The molecule has 0 radical (unpaired) electrons. The van der Waals surface area contributed by atoms with Gasteiger partial charge >= 0.3 is 0 Å². The predicted octanol–water partition coefficient (Wildman–Crippen LogP) is 1.61. The van der Waals surface area contributed by atoms with E-state index in [2.05, 4.69) is 36.0 Å². The van der Waals surface area contributed by atoms with Crippen LogP contribution in [0.3, 0.4) is 0 Å². The monoisotopic (exact) mass is 534 g/mol. The van der Waals surface area contributed by atoms with Gasteiger partial charge in [-0.25, -0.2) is 8.42 Å². The summed E-state index contributed by atoms with van der Waals surface area (Å²) in [7, 11) is 0.176. The van der Waals surface area contributed by atoms with Crippen molar-refractivity contribution in [2.24, 2.45) is 10.4 Å². The number of piperazine rings is 1. The number of halogens is 1. The average molecular weight is 535 g/mol. The van der Waals surface area contributed by atoms with E-state index < -0.39 is 10.0 Å². The number of methoxy groups -OCH3 is 1. The van der Waals surface area contributed by atoms with Crippen LogP contribution in [0.2, 0.25) is 0 Å². The highest BCUT2D eigenvalue weighted by Crippen LogP contribution is 2.21. The fourth-order valence-electron chi connectivity index (χ4n) is 2.96. The van der Waals surface area contributed by atoms with Crippen LogP contribution in [0.15, 0.2) is 4.99 Å². The molecule has 1 aliphatic heterocycles. The first-order valence-electron chi connectivity index (χ1n) is 9.59. The van der Waals surface area contributed by atoms with Crippen molar-refractivity contribution >= 4 is 40.0 Å². The highest BCUT2D eigenvalue weighted by Gasteiger charge is 2.29. The maximum absolute atomic E-state index is 12.4. The first-order valence-corrected chi connectivity index (χ1v) is 11.2. The fraction of sp³-hybridized carbons (Fsp3) is 0.944. The summed E-state index contributed by atoms with van der Waals surface area (Å²) in [6.07, 6.45) is 0.0901. The van der Waals surface area contributed by atoms with E-state index in [0.717, 1.165) is 5.96 Å². The van der Waals surface area contributed by atoms with Gasteiger partial charge in [-0.1, -0.05) is 20.8 Å². The molecule has 0 aromatic rings. The van der Waals surface area contributed by atoms with E-state index in [-0.39, 0.29) is 54.0 Å². The zero-order valence-electron chi connectivity index (χ0n) is 18.4. The molecule has 0 saturated carbocycles. The molecule has 28 heavy (non-hydrogen) atoms. The van der Waals surface area contributed by atoms with E-state index >= 15 is 0 Å². The molecule has 1 N–H and O–H groups in total. The molecule has 1 atom stereocenters. The van der Waals surface area contributed by atoms with Crippen molar-refractivity contribution in [2.75, 3.05) is 59.2 Å². The van der Waals surface area contributed by atoms with Crippen LogP contribution in [-0.2, 0) is 19.5 Å². The molecule has 1 rings (SSSR count). The Balaban J connectivity index is 0.00000729. The van der Waals surface area contributed by atoms with Crippen LogP contribution in [0.25, 0.3) is 0 Å². The van der Waals surface area contributed by atoms with Gasteiger partial charge in [0.1, 0.15) is 0 Å². The van der Waals surface area contributed by atoms with Crippen LogP contribution in [0.1, 0.15) is 34.6 Å². The zero-order chi connectivity index (χ0) is 20.7. The van der Waals surface area contributed by atoms with Crippen molar-refractivity contribution in [2.45, 2.75) is 46.8 Å². The molecule has 1 saturated heterocycles. The standard InChI is InChI=1S/C18H38N4O4S.HI/c1-15(2)26-12-13-27(23,24)22-10-8-21(9-11-22)17(19-6)20-14-16(25-7)18(3,4)5;/h15-16H,8-14H2,1-7H3,(H,19,20);1H. The third kappa shape index (κ3) is 9.10. The SMILES string of the molecule is CN=C(NCC(OC)C(C)(C)C)N1CCN(S(=O)(=O)CCOC(C)C)CC1.I. The quantitative estimate of drug-likeness (QED) is 0.290. The van der Waals surface area contributed by atoms with Gasteiger partial charge in [0.05, 0.1) is 24.6 Å². The summed E-state index contributed by atoms with van der Waals surface area (Å²) in [4.78, 5) is 6.43. The summed E-state index contributed by atoms with van der Waals surface area (Å²) in [6.45, 7) is 13.2. The van der Waals surface area contributed by atoms with Gasteiger partial charge in [-0.05, 0) is 19.3 Å². The average Bonchev–Trinajstić information content (AvgIpc) is 2.57. The van der Waals surface area contributed by atoms with Crippen LogP contribution >= 0.6 is 24.0 Å². The molecule has 1 unspecified atom stereocenters. The van der Waals surface area contributed by atoms with Gasteiger partial charge < -0.3 is 19.7 Å². The normalized spacial score (nSPS) is 18.1. The third-order valence-electron chi connectivity index (χ3n) is 4.63. The molecule has 168 valence electrons. The number of ether oxygens (including phenoxy) is 2. The number of rotatable bonds is 8. The Morgan fingerprint density at radius 2 is 1.75 bits per heavy atom. The lowest BCUT2D eigenvalue weighted by molar-refractivity contribution is 0.0200. The Kier molecular flexibility index (Phi) is 12.4. The summed E-state index contributed by atoms with van der Waals surface area (Å²) in [5, 5.41) is 3.36. The Hall–Kier alpha value is -0.170. The highest BCUT2D eigenvalue weighted by molar-refractivity contribution is 14.0. The Bertz CT molecular complexity index is 571. The molecule has 1 fully saturated rings. The van der Waals surface area contributed by atoms with Crippen LogP contribution in [0, 0.1) is 5.41 Å². The Labute approximate surface area is 188 Å². The minimum absolute atomic E-state index is 0. The lowest BCUT2D eigenvalue weighted by Crippen LogP contribution is -2.55. The van der Waals surface area contributed by atoms with Crippen molar-refractivity contribution in [3.8, 4) is 0 Å². The molecule has 8 nitrogen and oxygen atoms in total. The van der Waals surface area contributed by atoms with Gasteiger partial charge in [0, 0.05) is 46.9 Å². The van der Waals surface area contributed by atoms with Crippen molar-refractivity contribution in [1.82, 2.24) is 14.5 Å². The van der Waals surface area contributed by atoms with Gasteiger partial charge in [0.25, 0.3) is 0 Å². The predicted molar refractivity (Wildman–Crippen MR) is 125 cm³/mol.